The third-order valence-corrected chi connectivity index (χ3v) is 4.73. The Kier molecular flexibility index (Phi) is 5.12. The highest BCUT2D eigenvalue weighted by atomic mass is 35.5. The van der Waals surface area contributed by atoms with Gasteiger partial charge in [-0.3, -0.25) is 0 Å². The molecule has 0 amide bonds. The normalized spacial score (nSPS) is 11.5. The van der Waals surface area contributed by atoms with Crippen LogP contribution in [0.15, 0.2) is 53.7 Å². The van der Waals surface area contributed by atoms with E-state index in [1.54, 1.807) is 0 Å². The molecule has 0 aliphatic carbocycles. The van der Waals surface area contributed by atoms with Gasteiger partial charge >= 0.3 is 0 Å². The molecule has 3 nitrogen and oxygen atoms in total. The lowest BCUT2D eigenvalue weighted by Crippen LogP contribution is -2.14. The zero-order valence-electron chi connectivity index (χ0n) is 13.7. The minimum atomic E-state index is 0.581. The molecule has 3 rings (SSSR count). The molecular formula is C19H19Cl2N3. The minimum absolute atomic E-state index is 0.581. The molecule has 124 valence electrons. The number of rotatable bonds is 5. The van der Waals surface area contributed by atoms with Crippen LogP contribution in [0.5, 0.6) is 0 Å². The van der Waals surface area contributed by atoms with Gasteiger partial charge in [-0.25, -0.2) is 4.99 Å². The SMILES string of the molecule is CCN(C)/C=N\c1ccc2c(ccn2Cc2ccc(Cl)c(Cl)c2)c1. The van der Waals surface area contributed by atoms with Crippen LogP contribution in [0.3, 0.4) is 0 Å². The van der Waals surface area contributed by atoms with Gasteiger partial charge in [-0.2, -0.15) is 0 Å². The molecule has 0 unspecified atom stereocenters. The molecule has 0 fully saturated rings. The Morgan fingerprint density at radius 3 is 2.67 bits per heavy atom. The summed E-state index contributed by atoms with van der Waals surface area (Å²) in [5.41, 5.74) is 3.24. The fraction of sp³-hybridized carbons (Fsp3) is 0.211. The van der Waals surface area contributed by atoms with Crippen LogP contribution in [0.2, 0.25) is 10.0 Å². The van der Waals surface area contributed by atoms with E-state index in [-0.39, 0.29) is 0 Å². The van der Waals surface area contributed by atoms with E-state index in [1.165, 1.54) is 10.9 Å². The Hall–Kier alpha value is -1.97. The van der Waals surface area contributed by atoms with Crippen LogP contribution in [-0.2, 0) is 6.54 Å². The first-order chi connectivity index (χ1) is 11.6. The summed E-state index contributed by atoms with van der Waals surface area (Å²) >= 11 is 12.1. The molecule has 0 N–H and O–H groups in total. The Balaban J connectivity index is 1.85. The fourth-order valence-corrected chi connectivity index (χ4v) is 2.81. The quantitative estimate of drug-likeness (QED) is 0.428. The zero-order valence-corrected chi connectivity index (χ0v) is 15.2. The van der Waals surface area contributed by atoms with Crippen molar-refractivity contribution in [2.75, 3.05) is 13.6 Å². The van der Waals surface area contributed by atoms with E-state index in [2.05, 4.69) is 40.9 Å². The summed E-state index contributed by atoms with van der Waals surface area (Å²) < 4.78 is 2.20. The number of fused-ring (bicyclic) bond motifs is 1. The number of halogens is 2. The predicted molar refractivity (Wildman–Crippen MR) is 104 cm³/mol. The molecule has 1 heterocycles. The van der Waals surface area contributed by atoms with Crippen molar-refractivity contribution in [2.45, 2.75) is 13.5 Å². The van der Waals surface area contributed by atoms with E-state index >= 15 is 0 Å². The Bertz CT molecular complexity index is 883. The third kappa shape index (κ3) is 3.74. The van der Waals surface area contributed by atoms with Crippen molar-refractivity contribution >= 4 is 46.1 Å². The Labute approximate surface area is 152 Å². The average Bonchev–Trinajstić information content (AvgIpc) is 2.98. The van der Waals surface area contributed by atoms with Gasteiger partial charge in [0, 0.05) is 37.2 Å². The maximum Gasteiger partial charge on any atom is 0.0909 e. The third-order valence-electron chi connectivity index (χ3n) is 3.99. The largest absolute Gasteiger partial charge is 0.366 e. The van der Waals surface area contributed by atoms with E-state index in [0.717, 1.165) is 24.3 Å². The van der Waals surface area contributed by atoms with Gasteiger partial charge in [-0.05, 0) is 48.9 Å². The van der Waals surface area contributed by atoms with Crippen LogP contribution >= 0.6 is 23.2 Å². The highest BCUT2D eigenvalue weighted by Gasteiger charge is 2.05. The summed E-state index contributed by atoms with van der Waals surface area (Å²) in [5.74, 6) is 0. The number of nitrogens with zero attached hydrogens (tertiary/aromatic N) is 3. The number of hydrogen-bond donors (Lipinski definition) is 0. The first kappa shape index (κ1) is 16.9. The van der Waals surface area contributed by atoms with Gasteiger partial charge in [0.2, 0.25) is 0 Å². The lowest BCUT2D eigenvalue weighted by atomic mass is 10.2. The summed E-state index contributed by atoms with van der Waals surface area (Å²) in [5, 5.41) is 2.34. The summed E-state index contributed by atoms with van der Waals surface area (Å²) in [7, 11) is 2.01. The standard InChI is InChI=1S/C19H19Cl2N3/c1-3-23(2)13-22-16-5-7-19-15(11-16)8-9-24(19)12-14-4-6-17(20)18(21)10-14/h4-11,13H,3,12H2,1-2H3/b22-13-. The van der Waals surface area contributed by atoms with Crippen LogP contribution in [0.4, 0.5) is 5.69 Å². The molecule has 0 atom stereocenters. The lowest BCUT2D eigenvalue weighted by molar-refractivity contribution is 0.552. The zero-order chi connectivity index (χ0) is 17.1. The maximum atomic E-state index is 6.10. The second-order valence-corrected chi connectivity index (χ2v) is 6.57. The highest BCUT2D eigenvalue weighted by molar-refractivity contribution is 6.42. The summed E-state index contributed by atoms with van der Waals surface area (Å²) in [6.45, 7) is 3.78. The van der Waals surface area contributed by atoms with Crippen molar-refractivity contribution in [1.29, 1.82) is 0 Å². The second kappa shape index (κ2) is 7.29. The van der Waals surface area contributed by atoms with Crippen LogP contribution in [0.25, 0.3) is 10.9 Å². The van der Waals surface area contributed by atoms with E-state index in [9.17, 15) is 0 Å². The fourth-order valence-electron chi connectivity index (χ4n) is 2.49. The lowest BCUT2D eigenvalue weighted by Gasteiger charge is -2.09. The van der Waals surface area contributed by atoms with Crippen molar-refractivity contribution in [3.8, 4) is 0 Å². The number of aromatic nitrogens is 1. The van der Waals surface area contributed by atoms with Gasteiger partial charge < -0.3 is 9.47 Å². The second-order valence-electron chi connectivity index (χ2n) is 5.75. The first-order valence-corrected chi connectivity index (χ1v) is 8.59. The molecule has 0 aliphatic rings. The van der Waals surface area contributed by atoms with Gasteiger partial charge in [0.25, 0.3) is 0 Å². The van der Waals surface area contributed by atoms with Gasteiger partial charge in [0.1, 0.15) is 0 Å². The topological polar surface area (TPSA) is 20.5 Å². The summed E-state index contributed by atoms with van der Waals surface area (Å²) in [4.78, 5) is 6.54. The Morgan fingerprint density at radius 1 is 1.08 bits per heavy atom. The molecule has 0 aliphatic heterocycles. The number of aliphatic imine (C=N–C) groups is 1. The van der Waals surface area contributed by atoms with Crippen LogP contribution < -0.4 is 0 Å². The van der Waals surface area contributed by atoms with Crippen molar-refractivity contribution in [2.24, 2.45) is 4.99 Å². The van der Waals surface area contributed by atoms with E-state index < -0.39 is 0 Å². The van der Waals surface area contributed by atoms with Crippen LogP contribution in [0, 0.1) is 0 Å². The van der Waals surface area contributed by atoms with Gasteiger partial charge in [-0.1, -0.05) is 29.3 Å². The van der Waals surface area contributed by atoms with Crippen molar-refractivity contribution in [3.63, 3.8) is 0 Å². The summed E-state index contributed by atoms with van der Waals surface area (Å²) in [6, 6.07) is 14.1. The Morgan fingerprint density at radius 2 is 1.92 bits per heavy atom. The van der Waals surface area contributed by atoms with E-state index in [0.29, 0.717) is 10.0 Å². The van der Waals surface area contributed by atoms with Crippen molar-refractivity contribution < 1.29 is 0 Å². The molecule has 3 aromatic rings. The molecule has 0 saturated carbocycles. The number of hydrogen-bond acceptors (Lipinski definition) is 1. The molecule has 2 aromatic carbocycles. The van der Waals surface area contributed by atoms with E-state index in [1.807, 2.05) is 42.6 Å². The molecule has 5 heteroatoms. The van der Waals surface area contributed by atoms with Crippen LogP contribution in [0.1, 0.15) is 12.5 Å². The number of benzene rings is 2. The van der Waals surface area contributed by atoms with Crippen molar-refractivity contribution in [1.82, 2.24) is 9.47 Å². The molecule has 0 radical (unpaired) electrons. The molecular weight excluding hydrogens is 341 g/mol. The van der Waals surface area contributed by atoms with Gasteiger partial charge in [0.05, 0.1) is 22.1 Å². The first-order valence-electron chi connectivity index (χ1n) is 7.84. The minimum Gasteiger partial charge on any atom is -0.366 e. The molecule has 1 aromatic heterocycles. The molecule has 0 bridgehead atoms. The molecule has 24 heavy (non-hydrogen) atoms. The van der Waals surface area contributed by atoms with Crippen LogP contribution in [-0.4, -0.2) is 29.4 Å². The average molecular weight is 360 g/mol. The monoisotopic (exact) mass is 359 g/mol. The highest BCUT2D eigenvalue weighted by Crippen LogP contribution is 2.26. The van der Waals surface area contributed by atoms with Gasteiger partial charge in [-0.15, -0.1) is 0 Å². The van der Waals surface area contributed by atoms with Crippen molar-refractivity contribution in [3.05, 3.63) is 64.3 Å². The summed E-state index contributed by atoms with van der Waals surface area (Å²) in [6.07, 6.45) is 3.94. The molecule has 0 spiro atoms. The smallest absolute Gasteiger partial charge is 0.0909 e. The molecule has 0 saturated heterocycles. The predicted octanol–water partition coefficient (Wildman–Crippen LogP) is 5.61. The maximum absolute atomic E-state index is 6.10. The van der Waals surface area contributed by atoms with E-state index in [4.69, 9.17) is 23.2 Å². The van der Waals surface area contributed by atoms with Gasteiger partial charge in [0.15, 0.2) is 0 Å².